The van der Waals surface area contributed by atoms with E-state index in [1.165, 1.54) is 6.92 Å². The van der Waals surface area contributed by atoms with Crippen LogP contribution in [0.5, 0.6) is 0 Å². The molecule has 5 heteroatoms. The Kier molecular flexibility index (Phi) is 24.7. The third-order valence-electron chi connectivity index (χ3n) is 1.03. The van der Waals surface area contributed by atoms with Crippen molar-refractivity contribution in [3.8, 4) is 0 Å². The molecule has 0 heterocycles. The SMILES string of the molecule is CC(=O)O.CCCCOC(C)=O.CCCO. The van der Waals surface area contributed by atoms with Crippen LogP contribution in [0, 0.1) is 0 Å². The monoisotopic (exact) mass is 236 g/mol. The van der Waals surface area contributed by atoms with Crippen LogP contribution in [0.4, 0.5) is 0 Å². The van der Waals surface area contributed by atoms with Crippen LogP contribution in [0.25, 0.3) is 0 Å². The van der Waals surface area contributed by atoms with Gasteiger partial charge in [-0.2, -0.15) is 0 Å². The highest BCUT2D eigenvalue weighted by Gasteiger charge is 1.88. The van der Waals surface area contributed by atoms with Crippen LogP contribution in [0.3, 0.4) is 0 Å². The Bertz CT molecular complexity index is 150. The van der Waals surface area contributed by atoms with E-state index in [2.05, 4.69) is 11.7 Å². The van der Waals surface area contributed by atoms with Gasteiger partial charge in [-0.1, -0.05) is 20.3 Å². The van der Waals surface area contributed by atoms with Gasteiger partial charge in [-0.15, -0.1) is 0 Å². The number of hydrogen-bond donors (Lipinski definition) is 2. The molecule has 0 aliphatic heterocycles. The molecule has 98 valence electrons. The number of carbonyl (C=O) groups is 2. The molecule has 5 nitrogen and oxygen atoms in total. The van der Waals surface area contributed by atoms with Gasteiger partial charge in [0.25, 0.3) is 5.97 Å². The van der Waals surface area contributed by atoms with Crippen molar-refractivity contribution in [3.63, 3.8) is 0 Å². The molecular weight excluding hydrogens is 212 g/mol. The lowest BCUT2D eigenvalue weighted by atomic mass is 10.4. The molecule has 0 amide bonds. The lowest BCUT2D eigenvalue weighted by Crippen LogP contribution is -1.99. The molecule has 0 fully saturated rings. The van der Waals surface area contributed by atoms with Crippen LogP contribution in [0.15, 0.2) is 0 Å². The minimum absolute atomic E-state index is 0.182. The molecule has 0 saturated carbocycles. The van der Waals surface area contributed by atoms with Gasteiger partial charge in [-0.3, -0.25) is 9.59 Å². The standard InChI is InChI=1S/C6H12O2.C3H8O.C2H4O2/c1-3-4-5-8-6(2)7;1-2-3-4;1-2(3)4/h3-5H2,1-2H3;4H,2-3H2,1H3;1H3,(H,3,4). The van der Waals surface area contributed by atoms with Gasteiger partial charge in [0, 0.05) is 20.5 Å². The highest BCUT2D eigenvalue weighted by Crippen LogP contribution is 1.86. The van der Waals surface area contributed by atoms with E-state index >= 15 is 0 Å². The first-order valence-corrected chi connectivity index (χ1v) is 5.36. The zero-order chi connectivity index (χ0) is 13.4. The van der Waals surface area contributed by atoms with E-state index in [1.54, 1.807) is 0 Å². The first-order valence-electron chi connectivity index (χ1n) is 5.36. The van der Waals surface area contributed by atoms with Crippen LogP contribution < -0.4 is 0 Å². The molecule has 2 N–H and O–H groups in total. The summed E-state index contributed by atoms with van der Waals surface area (Å²) in [6.45, 7) is 7.39. The largest absolute Gasteiger partial charge is 0.481 e. The van der Waals surface area contributed by atoms with Crippen LogP contribution in [0.1, 0.15) is 47.0 Å². The van der Waals surface area contributed by atoms with Gasteiger partial charge in [-0.25, -0.2) is 0 Å². The minimum atomic E-state index is -0.833. The Hall–Kier alpha value is -1.10. The van der Waals surface area contributed by atoms with Gasteiger partial charge in [0.15, 0.2) is 0 Å². The van der Waals surface area contributed by atoms with E-state index in [0.29, 0.717) is 13.2 Å². The Morgan fingerprint density at radius 2 is 1.50 bits per heavy atom. The average molecular weight is 236 g/mol. The first kappa shape index (κ1) is 20.3. The normalized spacial score (nSPS) is 7.81. The van der Waals surface area contributed by atoms with Gasteiger partial charge in [0.05, 0.1) is 6.61 Å². The first-order chi connectivity index (χ1) is 7.42. The fourth-order valence-corrected chi connectivity index (χ4v) is 0.360. The summed E-state index contributed by atoms with van der Waals surface area (Å²) >= 11 is 0. The molecule has 0 spiro atoms. The number of aliphatic hydroxyl groups is 1. The van der Waals surface area contributed by atoms with Crippen molar-refractivity contribution in [2.75, 3.05) is 13.2 Å². The second kappa shape index (κ2) is 19.5. The summed E-state index contributed by atoms with van der Waals surface area (Å²) in [5.74, 6) is -1.02. The molecule has 0 bridgehead atoms. The number of esters is 1. The van der Waals surface area contributed by atoms with Crippen LogP contribution in [0.2, 0.25) is 0 Å². The number of unbranched alkanes of at least 4 members (excludes halogenated alkanes) is 1. The highest BCUT2D eigenvalue weighted by atomic mass is 16.5. The molecule has 0 rings (SSSR count). The van der Waals surface area contributed by atoms with Gasteiger partial charge in [-0.05, 0) is 12.8 Å². The number of aliphatic hydroxyl groups excluding tert-OH is 1. The summed E-state index contributed by atoms with van der Waals surface area (Å²) in [5.41, 5.74) is 0. The lowest BCUT2D eigenvalue weighted by molar-refractivity contribution is -0.141. The summed E-state index contributed by atoms with van der Waals surface area (Å²) in [5, 5.41) is 15.3. The number of carbonyl (C=O) groups excluding carboxylic acids is 1. The van der Waals surface area contributed by atoms with Gasteiger partial charge < -0.3 is 14.9 Å². The number of aliphatic carboxylic acids is 1. The average Bonchev–Trinajstić information content (AvgIpc) is 2.17. The maximum atomic E-state index is 10.1. The van der Waals surface area contributed by atoms with Crippen LogP contribution in [-0.4, -0.2) is 35.4 Å². The van der Waals surface area contributed by atoms with E-state index in [0.717, 1.165) is 26.2 Å². The van der Waals surface area contributed by atoms with Crippen molar-refractivity contribution in [3.05, 3.63) is 0 Å². The molecule has 0 unspecified atom stereocenters. The predicted octanol–water partition coefficient (Wildman–Crippen LogP) is 1.83. The maximum absolute atomic E-state index is 10.1. The minimum Gasteiger partial charge on any atom is -0.481 e. The second-order valence-corrected chi connectivity index (χ2v) is 2.94. The lowest BCUT2D eigenvalue weighted by Gasteiger charge is -1.96. The molecule has 0 radical (unpaired) electrons. The summed E-state index contributed by atoms with van der Waals surface area (Å²) in [6.07, 6.45) is 2.92. The topological polar surface area (TPSA) is 83.8 Å². The van der Waals surface area contributed by atoms with Gasteiger partial charge >= 0.3 is 5.97 Å². The zero-order valence-corrected chi connectivity index (χ0v) is 10.7. The van der Waals surface area contributed by atoms with Crippen molar-refractivity contribution < 1.29 is 24.5 Å². The number of ether oxygens (including phenoxy) is 1. The van der Waals surface area contributed by atoms with Crippen molar-refractivity contribution >= 4 is 11.9 Å². The molecule has 0 aromatic heterocycles. The van der Waals surface area contributed by atoms with Crippen molar-refractivity contribution in [2.45, 2.75) is 47.0 Å². The quantitative estimate of drug-likeness (QED) is 0.574. The third kappa shape index (κ3) is 76.1. The Morgan fingerprint density at radius 3 is 1.69 bits per heavy atom. The van der Waals surface area contributed by atoms with E-state index in [9.17, 15) is 4.79 Å². The second-order valence-electron chi connectivity index (χ2n) is 2.94. The molecule has 0 aromatic rings. The molecule has 0 aliphatic carbocycles. The number of carboxylic acids is 1. The van der Waals surface area contributed by atoms with Crippen LogP contribution in [-0.2, 0) is 14.3 Å². The Morgan fingerprint density at radius 1 is 1.12 bits per heavy atom. The fourth-order valence-electron chi connectivity index (χ4n) is 0.360. The summed E-state index contributed by atoms with van der Waals surface area (Å²) < 4.78 is 4.64. The molecule has 0 atom stereocenters. The van der Waals surface area contributed by atoms with Crippen LogP contribution >= 0.6 is 0 Å². The Labute approximate surface area is 97.4 Å². The molecule has 0 saturated heterocycles. The maximum Gasteiger partial charge on any atom is 0.302 e. The molecule has 0 aromatic carbocycles. The molecule has 16 heavy (non-hydrogen) atoms. The zero-order valence-electron chi connectivity index (χ0n) is 10.7. The summed E-state index contributed by atoms with van der Waals surface area (Å²) in [6, 6.07) is 0. The van der Waals surface area contributed by atoms with E-state index in [4.69, 9.17) is 15.0 Å². The van der Waals surface area contributed by atoms with Gasteiger partial charge in [0.1, 0.15) is 0 Å². The predicted molar refractivity (Wildman–Crippen MR) is 62.2 cm³/mol. The number of carboxylic acid groups (broad SMARTS) is 1. The van der Waals surface area contributed by atoms with E-state index < -0.39 is 5.97 Å². The third-order valence-corrected chi connectivity index (χ3v) is 1.03. The van der Waals surface area contributed by atoms with E-state index in [1.807, 2.05) is 6.92 Å². The smallest absolute Gasteiger partial charge is 0.302 e. The highest BCUT2D eigenvalue weighted by molar-refractivity contribution is 5.65. The number of hydrogen-bond acceptors (Lipinski definition) is 4. The number of rotatable bonds is 4. The van der Waals surface area contributed by atoms with Crippen molar-refractivity contribution in [1.29, 1.82) is 0 Å². The fraction of sp³-hybridized carbons (Fsp3) is 0.818. The summed E-state index contributed by atoms with van der Waals surface area (Å²) in [4.78, 5) is 19.1. The van der Waals surface area contributed by atoms with Crippen molar-refractivity contribution in [1.82, 2.24) is 0 Å². The van der Waals surface area contributed by atoms with Gasteiger partial charge in [0.2, 0.25) is 0 Å². The Balaban J connectivity index is -0.000000179. The molecular formula is C11H24O5. The summed E-state index contributed by atoms with van der Waals surface area (Å²) in [7, 11) is 0. The van der Waals surface area contributed by atoms with E-state index in [-0.39, 0.29) is 5.97 Å². The van der Waals surface area contributed by atoms with Crippen molar-refractivity contribution in [2.24, 2.45) is 0 Å². The molecule has 0 aliphatic rings.